The minimum absolute atomic E-state index is 0.167. The average Bonchev–Trinajstić information content (AvgIpc) is 2.88. The quantitative estimate of drug-likeness (QED) is 0.755. The molecule has 16 heavy (non-hydrogen) atoms. The lowest BCUT2D eigenvalue weighted by Crippen LogP contribution is -2.16. The van der Waals surface area contributed by atoms with Gasteiger partial charge in [0.05, 0.1) is 25.4 Å². The van der Waals surface area contributed by atoms with Gasteiger partial charge in [0.15, 0.2) is 5.69 Å². The molecule has 2 heterocycles. The molecule has 88 valence electrons. The van der Waals surface area contributed by atoms with E-state index in [0.717, 1.165) is 19.4 Å². The molecule has 1 saturated heterocycles. The molecule has 2 N–H and O–H groups in total. The summed E-state index contributed by atoms with van der Waals surface area (Å²) in [6, 6.07) is 0. The molecule has 2 rings (SSSR count). The summed E-state index contributed by atoms with van der Waals surface area (Å²) in [6.45, 7) is 1.42. The zero-order chi connectivity index (χ0) is 11.5. The number of nitrogen functional groups attached to an aromatic ring is 1. The van der Waals surface area contributed by atoms with Crippen LogP contribution in [0.2, 0.25) is 0 Å². The molecule has 0 aliphatic carbocycles. The Labute approximate surface area is 93.3 Å². The van der Waals surface area contributed by atoms with Crippen molar-refractivity contribution < 1.29 is 14.3 Å². The van der Waals surface area contributed by atoms with E-state index in [9.17, 15) is 4.79 Å². The first-order valence-electron chi connectivity index (χ1n) is 5.23. The van der Waals surface area contributed by atoms with E-state index < -0.39 is 5.97 Å². The van der Waals surface area contributed by atoms with Crippen LogP contribution in [0.3, 0.4) is 0 Å². The first-order chi connectivity index (χ1) is 7.70. The first kappa shape index (κ1) is 10.9. The lowest BCUT2D eigenvalue weighted by molar-refractivity contribution is 0.0591. The van der Waals surface area contributed by atoms with Crippen molar-refractivity contribution in [3.63, 3.8) is 0 Å². The molecular weight excluding hydrogens is 210 g/mol. The molecule has 0 saturated carbocycles. The van der Waals surface area contributed by atoms with Crippen LogP contribution in [-0.2, 0) is 16.0 Å². The highest BCUT2D eigenvalue weighted by Crippen LogP contribution is 2.16. The minimum Gasteiger partial charge on any atom is -0.464 e. The fraction of sp³-hybridized carbons (Fsp3) is 0.600. The van der Waals surface area contributed by atoms with Gasteiger partial charge in [-0.1, -0.05) is 0 Å². The number of hydrogen-bond donors (Lipinski definition) is 1. The van der Waals surface area contributed by atoms with Crippen LogP contribution >= 0.6 is 0 Å². The fourth-order valence-corrected chi connectivity index (χ4v) is 1.78. The van der Waals surface area contributed by atoms with Crippen molar-refractivity contribution in [2.45, 2.75) is 25.5 Å². The summed E-state index contributed by atoms with van der Waals surface area (Å²) in [5.41, 5.74) is 6.17. The second-order valence-corrected chi connectivity index (χ2v) is 3.78. The molecular formula is C10H15N3O3. The number of hydrogen-bond acceptors (Lipinski definition) is 5. The lowest BCUT2D eigenvalue weighted by atomic mass is 10.2. The number of rotatable bonds is 3. The molecule has 0 radical (unpaired) electrons. The average molecular weight is 225 g/mol. The van der Waals surface area contributed by atoms with Crippen LogP contribution in [0.15, 0.2) is 6.20 Å². The Hall–Kier alpha value is -1.56. The smallest absolute Gasteiger partial charge is 0.360 e. The highest BCUT2D eigenvalue weighted by molar-refractivity contribution is 5.92. The van der Waals surface area contributed by atoms with Gasteiger partial charge in [0.25, 0.3) is 0 Å². The van der Waals surface area contributed by atoms with Crippen molar-refractivity contribution in [2.75, 3.05) is 19.5 Å². The lowest BCUT2D eigenvalue weighted by Gasteiger charge is -2.08. The maximum atomic E-state index is 11.3. The van der Waals surface area contributed by atoms with Gasteiger partial charge in [0.1, 0.15) is 0 Å². The molecule has 1 aromatic rings. The Morgan fingerprint density at radius 3 is 3.25 bits per heavy atom. The van der Waals surface area contributed by atoms with E-state index in [1.165, 1.54) is 7.11 Å². The Kier molecular flexibility index (Phi) is 3.09. The van der Waals surface area contributed by atoms with E-state index in [-0.39, 0.29) is 11.8 Å². The maximum absolute atomic E-state index is 11.3. The van der Waals surface area contributed by atoms with E-state index in [2.05, 4.69) is 9.84 Å². The minimum atomic E-state index is -0.511. The summed E-state index contributed by atoms with van der Waals surface area (Å²) in [5, 5.41) is 4.08. The number of methoxy groups -OCH3 is 1. The number of aromatic nitrogens is 2. The molecule has 1 aliphatic rings. The number of nitrogens with two attached hydrogens (primary N) is 1. The van der Waals surface area contributed by atoms with Gasteiger partial charge in [-0.05, 0) is 12.8 Å². The van der Waals surface area contributed by atoms with E-state index in [4.69, 9.17) is 10.5 Å². The fourth-order valence-electron chi connectivity index (χ4n) is 1.78. The van der Waals surface area contributed by atoms with Gasteiger partial charge in [-0.3, -0.25) is 4.68 Å². The third-order valence-electron chi connectivity index (χ3n) is 2.58. The Bertz CT molecular complexity index is 383. The summed E-state index contributed by atoms with van der Waals surface area (Å²) < 4.78 is 11.7. The van der Waals surface area contributed by atoms with E-state index in [1.54, 1.807) is 10.9 Å². The molecule has 0 amide bonds. The third kappa shape index (κ3) is 2.16. The summed E-state index contributed by atoms with van der Waals surface area (Å²) in [5.74, 6) is -0.511. The maximum Gasteiger partial charge on any atom is 0.360 e. The third-order valence-corrected chi connectivity index (χ3v) is 2.58. The predicted molar refractivity (Wildman–Crippen MR) is 57.0 cm³/mol. The molecule has 0 bridgehead atoms. The Balaban J connectivity index is 2.07. The van der Waals surface area contributed by atoms with Crippen LogP contribution in [-0.4, -0.2) is 35.6 Å². The highest BCUT2D eigenvalue weighted by atomic mass is 16.5. The molecule has 1 unspecified atom stereocenters. The van der Waals surface area contributed by atoms with Gasteiger partial charge in [0, 0.05) is 12.8 Å². The number of carbonyl (C=O) groups excluding carboxylic acids is 1. The van der Waals surface area contributed by atoms with Crippen molar-refractivity contribution in [3.05, 3.63) is 11.9 Å². The van der Waals surface area contributed by atoms with E-state index >= 15 is 0 Å². The highest BCUT2D eigenvalue weighted by Gasteiger charge is 2.19. The van der Waals surface area contributed by atoms with Gasteiger partial charge in [-0.15, -0.1) is 0 Å². The number of anilines is 1. The van der Waals surface area contributed by atoms with Crippen molar-refractivity contribution in [3.8, 4) is 0 Å². The number of esters is 1. The summed E-state index contributed by atoms with van der Waals surface area (Å²) >= 11 is 0. The van der Waals surface area contributed by atoms with Crippen LogP contribution in [0, 0.1) is 0 Å². The van der Waals surface area contributed by atoms with Gasteiger partial charge in [-0.25, -0.2) is 4.79 Å². The summed E-state index contributed by atoms with van der Waals surface area (Å²) in [7, 11) is 1.31. The van der Waals surface area contributed by atoms with Crippen LogP contribution in [0.4, 0.5) is 5.69 Å². The Morgan fingerprint density at radius 2 is 2.62 bits per heavy atom. The molecule has 0 spiro atoms. The van der Waals surface area contributed by atoms with Crippen LogP contribution in [0.5, 0.6) is 0 Å². The van der Waals surface area contributed by atoms with Crippen LogP contribution in [0.1, 0.15) is 23.3 Å². The molecule has 1 fully saturated rings. The number of ether oxygens (including phenoxy) is 2. The predicted octanol–water partition coefficient (Wildman–Crippen LogP) is 0.431. The van der Waals surface area contributed by atoms with Crippen molar-refractivity contribution in [2.24, 2.45) is 0 Å². The Morgan fingerprint density at radius 1 is 1.81 bits per heavy atom. The monoisotopic (exact) mass is 225 g/mol. The van der Waals surface area contributed by atoms with Crippen molar-refractivity contribution in [1.29, 1.82) is 0 Å². The number of carbonyl (C=O) groups is 1. The van der Waals surface area contributed by atoms with Crippen molar-refractivity contribution in [1.82, 2.24) is 9.78 Å². The zero-order valence-electron chi connectivity index (χ0n) is 9.18. The zero-order valence-corrected chi connectivity index (χ0v) is 9.18. The molecule has 1 aliphatic heterocycles. The molecule has 0 aromatic carbocycles. The normalized spacial score (nSPS) is 19.9. The second kappa shape index (κ2) is 4.52. The van der Waals surface area contributed by atoms with E-state index in [1.807, 2.05) is 0 Å². The van der Waals surface area contributed by atoms with Gasteiger partial charge >= 0.3 is 5.97 Å². The molecule has 1 atom stereocenters. The standard InChI is InChI=1S/C10H15N3O3/c1-15-10(14)9-8(11)6-13(12-9)5-7-3-2-4-16-7/h6-7H,2-5,11H2,1H3. The van der Waals surface area contributed by atoms with E-state index in [0.29, 0.717) is 12.2 Å². The first-order valence-corrected chi connectivity index (χ1v) is 5.23. The molecule has 6 heteroatoms. The summed E-state index contributed by atoms with van der Waals surface area (Å²) in [6.07, 6.45) is 3.90. The van der Waals surface area contributed by atoms with Crippen LogP contribution < -0.4 is 5.73 Å². The largest absolute Gasteiger partial charge is 0.464 e. The topological polar surface area (TPSA) is 79.4 Å². The van der Waals surface area contributed by atoms with Crippen LogP contribution in [0.25, 0.3) is 0 Å². The molecule has 6 nitrogen and oxygen atoms in total. The van der Waals surface area contributed by atoms with Gasteiger partial charge < -0.3 is 15.2 Å². The second-order valence-electron chi connectivity index (χ2n) is 3.78. The summed E-state index contributed by atoms with van der Waals surface area (Å²) in [4.78, 5) is 11.3. The van der Waals surface area contributed by atoms with Crippen molar-refractivity contribution >= 4 is 11.7 Å². The van der Waals surface area contributed by atoms with Gasteiger partial charge in [0.2, 0.25) is 0 Å². The number of nitrogens with zero attached hydrogens (tertiary/aromatic N) is 2. The SMILES string of the molecule is COC(=O)c1nn(CC2CCCO2)cc1N. The van der Waals surface area contributed by atoms with Gasteiger partial charge in [-0.2, -0.15) is 5.10 Å². The molecule has 1 aromatic heterocycles.